The summed E-state index contributed by atoms with van der Waals surface area (Å²) >= 11 is 0. The number of morpholine rings is 1. The zero-order valence-corrected chi connectivity index (χ0v) is 19.8. The van der Waals surface area contributed by atoms with Crippen molar-refractivity contribution < 1.29 is 9.53 Å². The lowest BCUT2D eigenvalue weighted by Gasteiger charge is -2.52. The number of piperidine rings is 1. The highest BCUT2D eigenvalue weighted by atomic mass is 16.5. The quantitative estimate of drug-likeness (QED) is 0.583. The maximum Gasteiger partial charge on any atom is 0.134 e. The van der Waals surface area contributed by atoms with E-state index in [1.807, 2.05) is 0 Å². The van der Waals surface area contributed by atoms with Crippen LogP contribution in [0.2, 0.25) is 0 Å². The number of carbonyl (C=O) groups excluding carboxylic acids is 1. The van der Waals surface area contributed by atoms with Crippen LogP contribution in [0.5, 0.6) is 0 Å². The maximum atomic E-state index is 11.9. The van der Waals surface area contributed by atoms with E-state index in [-0.39, 0.29) is 5.78 Å². The minimum absolute atomic E-state index is 0.240. The van der Waals surface area contributed by atoms with Gasteiger partial charge in [0.05, 0.1) is 13.2 Å². The van der Waals surface area contributed by atoms with Gasteiger partial charge in [0.2, 0.25) is 0 Å². The second-order valence-electron chi connectivity index (χ2n) is 10.6. The Balaban J connectivity index is 1.38. The van der Waals surface area contributed by atoms with E-state index in [0.717, 1.165) is 32.1 Å². The van der Waals surface area contributed by atoms with Gasteiger partial charge in [0.25, 0.3) is 0 Å². The third-order valence-electron chi connectivity index (χ3n) is 8.20. The first-order valence-corrected chi connectivity index (χ1v) is 13.1. The van der Waals surface area contributed by atoms with E-state index in [0.29, 0.717) is 24.5 Å². The highest BCUT2D eigenvalue weighted by Gasteiger charge is 2.42. The first-order chi connectivity index (χ1) is 15.7. The minimum atomic E-state index is 0.240. The summed E-state index contributed by atoms with van der Waals surface area (Å²) < 4.78 is 8.60. The standard InChI is InChI=1S/C28H40N2O2/c1-21(31)15-22-18-29(28-14-10-9-13-27(22)28)24-16-25-19-32-20-26(17-24)30(25)23-11-7-5-3-2-4-6-8-12-23/h9-10,13-14,18,23-26H,2-8,11-12,15-17,19-20H2,1H3/t24-,25-,26+. The topological polar surface area (TPSA) is 34.5 Å². The number of rotatable bonds is 4. The molecule has 0 amide bonds. The molecule has 2 saturated heterocycles. The molecule has 3 atom stereocenters. The van der Waals surface area contributed by atoms with Crippen LogP contribution in [0.25, 0.3) is 10.9 Å². The molecule has 1 saturated carbocycles. The van der Waals surface area contributed by atoms with Gasteiger partial charge >= 0.3 is 0 Å². The Hall–Kier alpha value is -1.65. The summed E-state index contributed by atoms with van der Waals surface area (Å²) in [6, 6.07) is 10.9. The molecule has 0 spiro atoms. The summed E-state index contributed by atoms with van der Waals surface area (Å²) in [6.45, 7) is 3.46. The van der Waals surface area contributed by atoms with Gasteiger partial charge < -0.3 is 9.30 Å². The summed E-state index contributed by atoms with van der Waals surface area (Å²) in [6.07, 6.45) is 17.8. The van der Waals surface area contributed by atoms with Gasteiger partial charge in [-0.2, -0.15) is 0 Å². The van der Waals surface area contributed by atoms with Gasteiger partial charge in [0.15, 0.2) is 0 Å². The fourth-order valence-electron chi connectivity index (χ4n) is 6.81. The highest BCUT2D eigenvalue weighted by molar-refractivity contribution is 5.89. The molecule has 1 aromatic carbocycles. The maximum absolute atomic E-state index is 11.9. The van der Waals surface area contributed by atoms with Gasteiger partial charge in [-0.05, 0) is 44.2 Å². The average molecular weight is 437 g/mol. The SMILES string of the molecule is CC(=O)Cc1cn([C@H]2C[C@H]3COC[C@@H](C2)N3C2CCCCCCCCC2)c2ccccc12. The van der Waals surface area contributed by atoms with Crippen LogP contribution < -0.4 is 0 Å². The number of carbonyl (C=O) groups is 1. The Labute approximate surface area is 193 Å². The number of fused-ring (bicyclic) bond motifs is 3. The van der Waals surface area contributed by atoms with Gasteiger partial charge in [-0.25, -0.2) is 0 Å². The lowest BCUT2D eigenvalue weighted by molar-refractivity contribution is -0.116. The van der Waals surface area contributed by atoms with Gasteiger partial charge in [0.1, 0.15) is 5.78 Å². The van der Waals surface area contributed by atoms with E-state index < -0.39 is 0 Å². The molecule has 4 heteroatoms. The Morgan fingerprint density at radius 1 is 0.875 bits per heavy atom. The number of nitrogens with zero attached hydrogens (tertiary/aromatic N) is 2. The summed E-state index contributed by atoms with van der Waals surface area (Å²) in [4.78, 5) is 14.8. The van der Waals surface area contributed by atoms with Crippen molar-refractivity contribution in [3.8, 4) is 0 Å². The molecule has 3 aliphatic rings. The molecule has 2 bridgehead atoms. The first-order valence-electron chi connectivity index (χ1n) is 13.1. The van der Waals surface area contributed by atoms with Gasteiger partial charge in [-0.15, -0.1) is 0 Å². The Morgan fingerprint density at radius 3 is 2.16 bits per heavy atom. The number of hydrogen-bond acceptors (Lipinski definition) is 3. The molecular weight excluding hydrogens is 396 g/mol. The van der Waals surface area contributed by atoms with Crippen molar-refractivity contribution in [1.29, 1.82) is 0 Å². The molecule has 4 nitrogen and oxygen atoms in total. The largest absolute Gasteiger partial charge is 0.378 e. The number of benzene rings is 1. The molecule has 32 heavy (non-hydrogen) atoms. The van der Waals surface area contributed by atoms with Crippen molar-refractivity contribution >= 4 is 16.7 Å². The number of aromatic nitrogens is 1. The van der Waals surface area contributed by atoms with Crippen molar-refractivity contribution in [2.45, 2.75) is 108 Å². The van der Waals surface area contributed by atoms with Crippen molar-refractivity contribution in [1.82, 2.24) is 9.47 Å². The van der Waals surface area contributed by atoms with Gasteiger partial charge in [0, 0.05) is 47.7 Å². The Bertz CT molecular complexity index is 895. The van der Waals surface area contributed by atoms with E-state index in [1.165, 1.54) is 74.3 Å². The van der Waals surface area contributed by atoms with E-state index in [9.17, 15) is 4.79 Å². The molecule has 0 N–H and O–H groups in total. The van der Waals surface area contributed by atoms with Gasteiger partial charge in [-0.1, -0.05) is 63.1 Å². The van der Waals surface area contributed by atoms with Crippen molar-refractivity contribution in [3.05, 3.63) is 36.0 Å². The van der Waals surface area contributed by atoms with Crippen LogP contribution in [0.15, 0.2) is 30.5 Å². The van der Waals surface area contributed by atoms with Crippen LogP contribution in [0.1, 0.15) is 89.2 Å². The van der Waals surface area contributed by atoms with Crippen molar-refractivity contribution in [2.75, 3.05) is 13.2 Å². The van der Waals surface area contributed by atoms with Crippen LogP contribution in [0.3, 0.4) is 0 Å². The monoisotopic (exact) mass is 436 g/mol. The molecule has 174 valence electrons. The Kier molecular flexibility index (Phi) is 6.99. The molecule has 0 radical (unpaired) electrons. The normalized spacial score (nSPS) is 28.6. The van der Waals surface area contributed by atoms with Crippen LogP contribution >= 0.6 is 0 Å². The zero-order chi connectivity index (χ0) is 21.9. The average Bonchev–Trinajstić information content (AvgIpc) is 3.14. The molecule has 5 rings (SSSR count). The van der Waals surface area contributed by atoms with Gasteiger partial charge in [-0.3, -0.25) is 9.69 Å². The van der Waals surface area contributed by atoms with E-state index in [4.69, 9.17) is 4.74 Å². The van der Waals surface area contributed by atoms with Crippen molar-refractivity contribution in [3.63, 3.8) is 0 Å². The fourth-order valence-corrected chi connectivity index (χ4v) is 6.81. The van der Waals surface area contributed by atoms with Crippen LogP contribution in [0.4, 0.5) is 0 Å². The van der Waals surface area contributed by atoms with E-state index >= 15 is 0 Å². The summed E-state index contributed by atoms with van der Waals surface area (Å²) in [5.41, 5.74) is 2.48. The third-order valence-corrected chi connectivity index (χ3v) is 8.20. The second-order valence-corrected chi connectivity index (χ2v) is 10.6. The fraction of sp³-hybridized carbons (Fsp3) is 0.679. The molecule has 0 unspecified atom stereocenters. The molecule has 3 fully saturated rings. The molecule has 1 aliphatic carbocycles. The molecule has 1 aromatic heterocycles. The predicted molar refractivity (Wildman–Crippen MR) is 130 cm³/mol. The minimum Gasteiger partial charge on any atom is -0.378 e. The van der Waals surface area contributed by atoms with Crippen LogP contribution in [-0.2, 0) is 16.0 Å². The lowest BCUT2D eigenvalue weighted by Crippen LogP contribution is -2.60. The molecule has 2 aliphatic heterocycles. The lowest BCUT2D eigenvalue weighted by atomic mass is 9.85. The summed E-state index contributed by atoms with van der Waals surface area (Å²) in [5, 5.41) is 1.25. The first kappa shape index (κ1) is 22.2. The van der Waals surface area contributed by atoms with Crippen LogP contribution in [0, 0.1) is 0 Å². The van der Waals surface area contributed by atoms with Crippen LogP contribution in [-0.4, -0.2) is 46.6 Å². The highest BCUT2D eigenvalue weighted by Crippen LogP contribution is 2.40. The summed E-state index contributed by atoms with van der Waals surface area (Å²) in [5.74, 6) is 0.240. The number of ether oxygens (including phenoxy) is 1. The summed E-state index contributed by atoms with van der Waals surface area (Å²) in [7, 11) is 0. The molecule has 2 aromatic rings. The zero-order valence-electron chi connectivity index (χ0n) is 19.8. The molecule has 3 heterocycles. The number of Topliss-reactive ketones (excluding diaryl/α,β-unsaturated/α-hetero) is 1. The number of para-hydroxylation sites is 1. The smallest absolute Gasteiger partial charge is 0.134 e. The van der Waals surface area contributed by atoms with E-state index in [1.54, 1.807) is 6.92 Å². The number of ketones is 1. The second kappa shape index (κ2) is 10.1. The van der Waals surface area contributed by atoms with E-state index in [2.05, 4.69) is 39.9 Å². The number of hydrogen-bond donors (Lipinski definition) is 0. The predicted octanol–water partition coefficient (Wildman–Crippen LogP) is 6.07. The Morgan fingerprint density at radius 2 is 1.50 bits per heavy atom. The third kappa shape index (κ3) is 4.68. The molecular formula is C28H40N2O2. The van der Waals surface area contributed by atoms with Crippen molar-refractivity contribution in [2.24, 2.45) is 0 Å².